The van der Waals surface area contributed by atoms with E-state index >= 15 is 0 Å². The molecule has 1 unspecified atom stereocenters. The summed E-state index contributed by atoms with van der Waals surface area (Å²) in [6, 6.07) is 9.03. The van der Waals surface area contributed by atoms with Crippen molar-refractivity contribution in [2.45, 2.75) is 32.0 Å². The number of pyridine rings is 1. The SMILES string of the molecule is CCCC(O)N1CC(n2cc(NC(=O)c3ccc(-c4cn[nH]c4)o3)c(-c3ccccn3)n2)C1. The van der Waals surface area contributed by atoms with E-state index in [1.54, 1.807) is 30.7 Å². The molecule has 1 aliphatic rings. The molecule has 4 aromatic heterocycles. The van der Waals surface area contributed by atoms with E-state index in [-0.39, 0.29) is 17.7 Å². The zero-order valence-electron chi connectivity index (χ0n) is 18.2. The number of nitrogens with one attached hydrogen (secondary N) is 2. The summed E-state index contributed by atoms with van der Waals surface area (Å²) in [6.45, 7) is 3.45. The Balaban J connectivity index is 1.37. The van der Waals surface area contributed by atoms with Gasteiger partial charge in [-0.1, -0.05) is 19.4 Å². The average molecular weight is 447 g/mol. The monoisotopic (exact) mass is 447 g/mol. The summed E-state index contributed by atoms with van der Waals surface area (Å²) in [5.74, 6) is 0.355. The minimum Gasteiger partial charge on any atom is -0.451 e. The van der Waals surface area contributed by atoms with E-state index in [1.165, 1.54) is 0 Å². The standard InChI is InChI=1S/C23H25N7O3/c1-2-5-21(31)29-12-16(13-29)30-14-18(22(28-30)17-6-3-4-9-24-17)27-23(32)20-8-7-19(33-20)15-10-25-26-11-15/h3-4,6-11,14,16,21,31H,2,5,12-13H2,1H3,(H,25,26)(H,27,32). The van der Waals surface area contributed by atoms with Gasteiger partial charge in [-0.05, 0) is 30.7 Å². The van der Waals surface area contributed by atoms with Gasteiger partial charge in [-0.2, -0.15) is 10.2 Å². The third-order valence-electron chi connectivity index (χ3n) is 5.73. The molecule has 0 radical (unpaired) electrons. The largest absolute Gasteiger partial charge is 0.451 e. The van der Waals surface area contributed by atoms with Crippen LogP contribution in [0.5, 0.6) is 0 Å². The average Bonchev–Trinajstić information content (AvgIpc) is 3.54. The highest BCUT2D eigenvalue weighted by Crippen LogP contribution is 2.31. The van der Waals surface area contributed by atoms with Crippen LogP contribution in [0.4, 0.5) is 5.69 Å². The zero-order chi connectivity index (χ0) is 22.8. The van der Waals surface area contributed by atoms with Gasteiger partial charge in [0.2, 0.25) is 0 Å². The Hall–Kier alpha value is -3.76. The van der Waals surface area contributed by atoms with Crippen LogP contribution in [-0.4, -0.2) is 60.2 Å². The second kappa shape index (κ2) is 9.00. The van der Waals surface area contributed by atoms with Crippen LogP contribution in [0.15, 0.2) is 59.5 Å². The molecular formula is C23H25N7O3. The van der Waals surface area contributed by atoms with E-state index in [9.17, 15) is 9.90 Å². The molecule has 1 saturated heterocycles. The van der Waals surface area contributed by atoms with Crippen LogP contribution in [0.3, 0.4) is 0 Å². The molecule has 10 nitrogen and oxygen atoms in total. The molecule has 0 saturated carbocycles. The van der Waals surface area contributed by atoms with E-state index in [0.29, 0.717) is 35.9 Å². The van der Waals surface area contributed by atoms with Crippen molar-refractivity contribution >= 4 is 11.6 Å². The first-order valence-electron chi connectivity index (χ1n) is 11.0. The van der Waals surface area contributed by atoms with Crippen molar-refractivity contribution in [3.63, 3.8) is 0 Å². The Kier molecular flexibility index (Phi) is 5.76. The highest BCUT2D eigenvalue weighted by Gasteiger charge is 2.33. The van der Waals surface area contributed by atoms with Gasteiger partial charge < -0.3 is 14.8 Å². The molecular weight excluding hydrogens is 422 g/mol. The summed E-state index contributed by atoms with van der Waals surface area (Å²) >= 11 is 0. The number of hydrogen-bond donors (Lipinski definition) is 3. The molecule has 1 fully saturated rings. The van der Waals surface area contributed by atoms with E-state index in [2.05, 4.69) is 27.4 Å². The Morgan fingerprint density at radius 2 is 2.21 bits per heavy atom. The van der Waals surface area contributed by atoms with Gasteiger partial charge in [0, 0.05) is 31.7 Å². The van der Waals surface area contributed by atoms with Crippen LogP contribution in [-0.2, 0) is 0 Å². The number of carbonyl (C=O) groups is 1. The van der Waals surface area contributed by atoms with Crippen molar-refractivity contribution < 1.29 is 14.3 Å². The molecule has 0 aromatic carbocycles. The van der Waals surface area contributed by atoms with Gasteiger partial charge in [0.15, 0.2) is 5.76 Å². The predicted octanol–water partition coefficient (Wildman–Crippen LogP) is 3.16. The first-order valence-corrected chi connectivity index (χ1v) is 11.0. The number of nitrogens with zero attached hydrogens (tertiary/aromatic N) is 5. The molecule has 3 N–H and O–H groups in total. The summed E-state index contributed by atoms with van der Waals surface area (Å²) in [5.41, 5.74) is 2.55. The molecule has 1 amide bonds. The highest BCUT2D eigenvalue weighted by atomic mass is 16.4. The molecule has 4 aromatic rings. The minimum atomic E-state index is -0.431. The van der Waals surface area contributed by atoms with E-state index in [0.717, 1.165) is 18.4 Å². The molecule has 0 bridgehead atoms. The first kappa shape index (κ1) is 21.1. The zero-order valence-corrected chi connectivity index (χ0v) is 18.2. The van der Waals surface area contributed by atoms with Crippen molar-refractivity contribution in [3.05, 3.63) is 60.9 Å². The number of carbonyl (C=O) groups excluding carboxylic acids is 1. The van der Waals surface area contributed by atoms with Crippen molar-refractivity contribution in [1.29, 1.82) is 0 Å². The maximum atomic E-state index is 12.9. The summed E-state index contributed by atoms with van der Waals surface area (Å²) in [7, 11) is 0. The second-order valence-electron chi connectivity index (χ2n) is 8.07. The molecule has 10 heteroatoms. The number of likely N-dealkylation sites (tertiary alicyclic amines) is 1. The van der Waals surface area contributed by atoms with Gasteiger partial charge in [0.05, 0.1) is 29.2 Å². The van der Waals surface area contributed by atoms with Crippen LogP contribution in [0.2, 0.25) is 0 Å². The lowest BCUT2D eigenvalue weighted by molar-refractivity contribution is -0.0666. The fourth-order valence-electron chi connectivity index (χ4n) is 3.89. The van der Waals surface area contributed by atoms with Gasteiger partial charge in [-0.15, -0.1) is 0 Å². The lowest BCUT2D eigenvalue weighted by Gasteiger charge is -2.42. The second-order valence-corrected chi connectivity index (χ2v) is 8.07. The molecule has 33 heavy (non-hydrogen) atoms. The fraction of sp³-hybridized carbons (Fsp3) is 0.304. The maximum Gasteiger partial charge on any atom is 0.291 e. The number of H-pyrrole nitrogens is 1. The summed E-state index contributed by atoms with van der Waals surface area (Å²) in [5, 5.41) is 24.5. The highest BCUT2D eigenvalue weighted by molar-refractivity contribution is 6.04. The van der Waals surface area contributed by atoms with Crippen molar-refractivity contribution in [3.8, 4) is 22.7 Å². The lowest BCUT2D eigenvalue weighted by atomic mass is 10.1. The van der Waals surface area contributed by atoms with Crippen LogP contribution in [0.1, 0.15) is 36.4 Å². The van der Waals surface area contributed by atoms with Crippen LogP contribution < -0.4 is 5.32 Å². The molecule has 1 atom stereocenters. The quantitative estimate of drug-likeness (QED) is 0.379. The molecule has 170 valence electrons. The summed E-state index contributed by atoms with van der Waals surface area (Å²) in [4.78, 5) is 19.4. The van der Waals surface area contributed by atoms with Crippen LogP contribution in [0.25, 0.3) is 22.7 Å². The topological polar surface area (TPSA) is 125 Å². The number of rotatable bonds is 8. The molecule has 0 aliphatic carbocycles. The minimum absolute atomic E-state index is 0.112. The van der Waals surface area contributed by atoms with E-state index in [4.69, 9.17) is 9.52 Å². The number of aliphatic hydroxyl groups excluding tert-OH is 1. The van der Waals surface area contributed by atoms with Gasteiger partial charge >= 0.3 is 0 Å². The molecule has 5 rings (SSSR count). The first-order chi connectivity index (χ1) is 16.1. The van der Waals surface area contributed by atoms with Gasteiger partial charge in [-0.3, -0.25) is 24.5 Å². The third kappa shape index (κ3) is 4.30. The number of furan rings is 1. The third-order valence-corrected chi connectivity index (χ3v) is 5.73. The number of aromatic nitrogens is 5. The number of hydrogen-bond acceptors (Lipinski definition) is 7. The number of anilines is 1. The Labute approximate surface area is 190 Å². The van der Waals surface area contributed by atoms with Crippen molar-refractivity contribution in [2.75, 3.05) is 18.4 Å². The normalized spacial score (nSPS) is 15.3. The predicted molar refractivity (Wildman–Crippen MR) is 121 cm³/mol. The molecule has 5 heterocycles. The Morgan fingerprint density at radius 3 is 2.94 bits per heavy atom. The number of aromatic amines is 1. The summed E-state index contributed by atoms with van der Waals surface area (Å²) < 4.78 is 7.55. The summed E-state index contributed by atoms with van der Waals surface area (Å²) in [6.07, 6.45) is 8.08. The van der Waals surface area contributed by atoms with Crippen LogP contribution in [0, 0.1) is 0 Å². The van der Waals surface area contributed by atoms with Crippen molar-refractivity contribution in [1.82, 2.24) is 29.9 Å². The van der Waals surface area contributed by atoms with Gasteiger partial charge in [0.25, 0.3) is 5.91 Å². The number of aliphatic hydroxyl groups is 1. The van der Waals surface area contributed by atoms with Gasteiger partial charge in [0.1, 0.15) is 17.7 Å². The van der Waals surface area contributed by atoms with Gasteiger partial charge in [-0.25, -0.2) is 0 Å². The molecule has 1 aliphatic heterocycles. The van der Waals surface area contributed by atoms with Crippen molar-refractivity contribution in [2.24, 2.45) is 0 Å². The Bertz CT molecular complexity index is 1210. The van der Waals surface area contributed by atoms with E-state index < -0.39 is 6.23 Å². The van der Waals surface area contributed by atoms with E-state index in [1.807, 2.05) is 34.0 Å². The molecule has 0 spiro atoms. The lowest BCUT2D eigenvalue weighted by Crippen LogP contribution is -2.52. The Morgan fingerprint density at radius 1 is 1.33 bits per heavy atom. The smallest absolute Gasteiger partial charge is 0.291 e. The maximum absolute atomic E-state index is 12.9. The fourth-order valence-corrected chi connectivity index (χ4v) is 3.89. The number of amides is 1. The van der Waals surface area contributed by atoms with Crippen LogP contribution >= 0.6 is 0 Å².